The zero-order chi connectivity index (χ0) is 23.9. The highest BCUT2D eigenvalue weighted by Gasteiger charge is 2.27. The highest BCUT2D eigenvalue weighted by molar-refractivity contribution is 7.88. The van der Waals surface area contributed by atoms with Gasteiger partial charge in [-0.15, -0.1) is 11.3 Å². The van der Waals surface area contributed by atoms with Gasteiger partial charge in [-0.1, -0.05) is 31.4 Å². The Morgan fingerprint density at radius 2 is 1.94 bits per heavy atom. The maximum atomic E-state index is 13.0. The number of anilines is 2. The van der Waals surface area contributed by atoms with Crippen molar-refractivity contribution in [2.24, 2.45) is 5.73 Å². The molecule has 3 N–H and O–H groups in total. The van der Waals surface area contributed by atoms with Crippen molar-refractivity contribution in [1.82, 2.24) is 9.71 Å². The predicted molar refractivity (Wildman–Crippen MR) is 124 cm³/mol. The van der Waals surface area contributed by atoms with Crippen molar-refractivity contribution in [3.8, 4) is 0 Å². The molecule has 0 saturated heterocycles. The molecule has 0 unspecified atom stereocenters. The smallest absolute Gasteiger partial charge is 0.242 e. The van der Waals surface area contributed by atoms with Crippen molar-refractivity contribution in [2.75, 3.05) is 11.2 Å². The topological polar surface area (TPSA) is 140 Å². The Morgan fingerprint density at radius 3 is 2.56 bits per heavy atom. The number of Topliss-reactive ketones (excluding diaryl/α,β-unsaturated/α-hetero) is 1. The molecular weight excluding hydrogens is 452 g/mol. The number of nitrogens with one attached hydrogen (secondary N) is 1. The molecule has 0 aliphatic rings. The van der Waals surface area contributed by atoms with Crippen molar-refractivity contribution >= 4 is 49.8 Å². The maximum absolute atomic E-state index is 13.0. The van der Waals surface area contributed by atoms with Gasteiger partial charge < -0.3 is 5.73 Å². The molecule has 0 aliphatic heterocycles. The standard InChI is InChI=1S/C21H28N4O5S2/c1-4-5-6-7-18(26)16-10-14(2)8-9-17(16)25(20(28)11-19(22)27)21-24-15(13-31-21)12-23-32(3,29)30/h8-10,13,23H,4-7,11-12H2,1-3H3,(H2,22,27). The number of hydrogen-bond acceptors (Lipinski definition) is 7. The van der Waals surface area contributed by atoms with Crippen LogP contribution in [0, 0.1) is 6.92 Å². The number of thiazole rings is 1. The number of nitrogens with two attached hydrogens (primary N) is 1. The van der Waals surface area contributed by atoms with E-state index >= 15 is 0 Å². The number of carbonyl (C=O) groups is 3. The van der Waals surface area contributed by atoms with E-state index < -0.39 is 28.3 Å². The summed E-state index contributed by atoms with van der Waals surface area (Å²) >= 11 is 1.10. The van der Waals surface area contributed by atoms with Gasteiger partial charge in [0.05, 0.1) is 24.2 Å². The van der Waals surface area contributed by atoms with Crippen molar-refractivity contribution in [2.45, 2.75) is 52.5 Å². The number of unbranched alkanes of at least 4 members (excludes halogenated alkanes) is 2. The van der Waals surface area contributed by atoms with Gasteiger partial charge in [-0.3, -0.25) is 19.3 Å². The maximum Gasteiger partial charge on any atom is 0.242 e. The molecular formula is C21H28N4O5S2. The first-order valence-electron chi connectivity index (χ1n) is 10.2. The molecule has 0 spiro atoms. The number of primary amides is 1. The minimum absolute atomic E-state index is 0.0517. The Bertz CT molecular complexity index is 1100. The van der Waals surface area contributed by atoms with Crippen LogP contribution in [0.15, 0.2) is 23.6 Å². The number of aryl methyl sites for hydroxylation is 1. The summed E-state index contributed by atoms with van der Waals surface area (Å²) in [5.74, 6) is -1.54. The van der Waals surface area contributed by atoms with Crippen molar-refractivity contribution in [3.63, 3.8) is 0 Å². The molecule has 0 fully saturated rings. The molecule has 1 aromatic heterocycles. The number of aromatic nitrogens is 1. The number of amides is 2. The summed E-state index contributed by atoms with van der Waals surface area (Å²) in [6.45, 7) is 3.84. The lowest BCUT2D eigenvalue weighted by Gasteiger charge is -2.22. The third-order valence-electron chi connectivity index (χ3n) is 4.52. The lowest BCUT2D eigenvalue weighted by Crippen LogP contribution is -2.31. The predicted octanol–water partition coefficient (Wildman–Crippen LogP) is 2.80. The van der Waals surface area contributed by atoms with E-state index in [1.54, 1.807) is 23.6 Å². The molecule has 11 heteroatoms. The van der Waals surface area contributed by atoms with Gasteiger partial charge in [-0.2, -0.15) is 0 Å². The van der Waals surface area contributed by atoms with E-state index in [-0.39, 0.29) is 17.5 Å². The highest BCUT2D eigenvalue weighted by Crippen LogP contribution is 2.33. The number of hydrogen-bond donors (Lipinski definition) is 2. The number of carbonyl (C=O) groups excluding carboxylic acids is 3. The summed E-state index contributed by atoms with van der Waals surface area (Å²) in [6, 6.07) is 5.13. The van der Waals surface area contributed by atoms with Crippen LogP contribution in [0.3, 0.4) is 0 Å². The van der Waals surface area contributed by atoms with E-state index in [9.17, 15) is 22.8 Å². The Labute approximate surface area is 192 Å². The lowest BCUT2D eigenvalue weighted by molar-refractivity contribution is -0.125. The van der Waals surface area contributed by atoms with Gasteiger partial charge in [0.1, 0.15) is 6.42 Å². The van der Waals surface area contributed by atoms with Crippen LogP contribution in [-0.4, -0.2) is 37.3 Å². The van der Waals surface area contributed by atoms with Gasteiger partial charge >= 0.3 is 0 Å². The van der Waals surface area contributed by atoms with Crippen molar-refractivity contribution in [1.29, 1.82) is 0 Å². The van der Waals surface area contributed by atoms with Crippen LogP contribution in [0.2, 0.25) is 0 Å². The minimum Gasteiger partial charge on any atom is -0.369 e. The summed E-state index contributed by atoms with van der Waals surface area (Å²) in [7, 11) is -3.42. The fourth-order valence-electron chi connectivity index (χ4n) is 3.00. The molecule has 2 aromatic rings. The molecule has 0 saturated carbocycles. The monoisotopic (exact) mass is 480 g/mol. The van der Waals surface area contributed by atoms with Gasteiger partial charge in [-0.25, -0.2) is 18.1 Å². The normalized spacial score (nSPS) is 11.3. The van der Waals surface area contributed by atoms with E-state index in [0.29, 0.717) is 23.4 Å². The number of rotatable bonds is 12. The van der Waals surface area contributed by atoms with E-state index in [0.717, 1.165) is 42.4 Å². The Morgan fingerprint density at radius 1 is 1.22 bits per heavy atom. The van der Waals surface area contributed by atoms with Crippen molar-refractivity contribution < 1.29 is 22.8 Å². The molecule has 9 nitrogen and oxygen atoms in total. The number of sulfonamides is 1. The van der Waals surface area contributed by atoms with E-state index in [2.05, 4.69) is 9.71 Å². The summed E-state index contributed by atoms with van der Waals surface area (Å²) in [5, 5.41) is 1.82. The average molecular weight is 481 g/mol. The second-order valence-electron chi connectivity index (χ2n) is 7.49. The van der Waals surface area contributed by atoms with Gasteiger partial charge in [0, 0.05) is 17.4 Å². The average Bonchev–Trinajstić information content (AvgIpc) is 3.15. The summed E-state index contributed by atoms with van der Waals surface area (Å²) < 4.78 is 25.1. The molecule has 0 aliphatic carbocycles. The minimum atomic E-state index is -3.42. The Balaban J connectivity index is 2.48. The largest absolute Gasteiger partial charge is 0.369 e. The third-order valence-corrected chi connectivity index (χ3v) is 6.07. The van der Waals surface area contributed by atoms with Crippen molar-refractivity contribution in [3.05, 3.63) is 40.4 Å². The number of benzene rings is 1. The first-order chi connectivity index (χ1) is 15.0. The molecule has 1 heterocycles. The van der Waals surface area contributed by atoms with E-state index in [4.69, 9.17) is 5.73 Å². The van der Waals surface area contributed by atoms with Gasteiger partial charge in [0.15, 0.2) is 10.9 Å². The second kappa shape index (κ2) is 11.3. The number of nitrogens with zero attached hydrogens (tertiary/aromatic N) is 2. The first kappa shape index (κ1) is 25.6. The van der Waals surface area contributed by atoms with Crippen LogP contribution in [0.4, 0.5) is 10.8 Å². The second-order valence-corrected chi connectivity index (χ2v) is 10.2. The lowest BCUT2D eigenvalue weighted by atomic mass is 10.00. The number of ketones is 1. The van der Waals surface area contributed by atoms with Crippen LogP contribution >= 0.6 is 11.3 Å². The third kappa shape index (κ3) is 7.50. The van der Waals surface area contributed by atoms with Crippen LogP contribution in [0.25, 0.3) is 0 Å². The molecule has 2 amide bonds. The summed E-state index contributed by atoms with van der Waals surface area (Å²) in [6.07, 6.45) is 3.43. The molecule has 2 rings (SSSR count). The molecule has 1 aromatic carbocycles. The van der Waals surface area contributed by atoms with Crippen LogP contribution in [0.1, 0.15) is 60.6 Å². The van der Waals surface area contributed by atoms with E-state index in [1.165, 1.54) is 4.90 Å². The fourth-order valence-corrected chi connectivity index (χ4v) is 4.26. The Hall–Kier alpha value is -2.63. The van der Waals surface area contributed by atoms with Crippen LogP contribution < -0.4 is 15.4 Å². The zero-order valence-corrected chi connectivity index (χ0v) is 20.0. The summed E-state index contributed by atoms with van der Waals surface area (Å²) in [4.78, 5) is 43.0. The SMILES string of the molecule is CCCCCC(=O)c1cc(C)ccc1N(C(=O)CC(N)=O)c1nc(CNS(C)(=O)=O)cs1. The van der Waals surface area contributed by atoms with Crippen LogP contribution in [-0.2, 0) is 26.2 Å². The molecule has 0 radical (unpaired) electrons. The van der Waals surface area contributed by atoms with Gasteiger partial charge in [0.25, 0.3) is 0 Å². The first-order valence-corrected chi connectivity index (χ1v) is 12.9. The quantitative estimate of drug-likeness (QED) is 0.272. The molecule has 0 atom stereocenters. The molecule has 0 bridgehead atoms. The van der Waals surface area contributed by atoms with Gasteiger partial charge in [-0.05, 0) is 25.5 Å². The molecule has 174 valence electrons. The highest BCUT2D eigenvalue weighted by atomic mass is 32.2. The van der Waals surface area contributed by atoms with E-state index in [1.807, 2.05) is 13.8 Å². The Kier molecular flexibility index (Phi) is 9.05. The van der Waals surface area contributed by atoms with Gasteiger partial charge in [0.2, 0.25) is 21.8 Å². The fraction of sp³-hybridized carbons (Fsp3) is 0.429. The zero-order valence-electron chi connectivity index (χ0n) is 18.4. The molecule has 32 heavy (non-hydrogen) atoms. The summed E-state index contributed by atoms with van der Waals surface area (Å²) in [5.41, 5.74) is 7.18. The van der Waals surface area contributed by atoms with Crippen LogP contribution in [0.5, 0.6) is 0 Å².